The maximum Gasteiger partial charge on any atom is 0.256 e. The van der Waals surface area contributed by atoms with Crippen molar-refractivity contribution in [2.75, 3.05) is 18.4 Å². The van der Waals surface area contributed by atoms with Gasteiger partial charge in [0, 0.05) is 25.1 Å². The van der Waals surface area contributed by atoms with E-state index in [4.69, 9.17) is 0 Å². The molecule has 6 nitrogen and oxygen atoms in total. The van der Waals surface area contributed by atoms with E-state index in [1.165, 1.54) is 4.90 Å². The molecule has 0 spiro atoms. The van der Waals surface area contributed by atoms with E-state index in [-0.39, 0.29) is 29.0 Å². The lowest BCUT2D eigenvalue weighted by molar-refractivity contribution is -0.122. The normalized spacial score (nSPS) is 16.9. The molecule has 2 fully saturated rings. The van der Waals surface area contributed by atoms with Gasteiger partial charge in [-0.15, -0.1) is 0 Å². The number of benzene rings is 2. The molecule has 0 bridgehead atoms. The number of carbonyl (C=O) groups excluding carboxylic acids is 2. The van der Waals surface area contributed by atoms with Crippen LogP contribution >= 0.6 is 0 Å². The zero-order valence-electron chi connectivity index (χ0n) is 16.1. The summed E-state index contributed by atoms with van der Waals surface area (Å²) in [4.78, 5) is 34.2. The number of halogens is 2. The second-order valence-corrected chi connectivity index (χ2v) is 7.98. The SMILES string of the molecule is O=C(Nc1cc(C(=O)N2CC(c3nc4ccccc4[nH]3)C2)c(F)cc1F)C1CCC1. The summed E-state index contributed by atoms with van der Waals surface area (Å²) >= 11 is 0. The first-order valence-electron chi connectivity index (χ1n) is 10.0. The number of aromatic nitrogens is 2. The standard InChI is InChI=1S/C22H20F2N4O2/c23-15-9-16(24)19(27-21(29)12-4-3-5-12)8-14(15)22(30)28-10-13(11-28)20-25-17-6-1-2-7-18(17)26-20/h1-2,6-9,12-13H,3-5,10-11H2,(H,25,26)(H,27,29). The van der Waals surface area contributed by atoms with Gasteiger partial charge in [0.2, 0.25) is 5.91 Å². The predicted molar refractivity (Wildman–Crippen MR) is 107 cm³/mol. The molecule has 8 heteroatoms. The van der Waals surface area contributed by atoms with Gasteiger partial charge in [0.1, 0.15) is 17.5 Å². The number of likely N-dealkylation sites (tertiary alicyclic amines) is 1. The third-order valence-electron chi connectivity index (χ3n) is 5.98. The van der Waals surface area contributed by atoms with Crippen molar-refractivity contribution in [3.8, 4) is 0 Å². The van der Waals surface area contributed by atoms with Gasteiger partial charge in [-0.25, -0.2) is 13.8 Å². The Hall–Kier alpha value is -3.29. The fourth-order valence-electron chi connectivity index (χ4n) is 3.87. The lowest BCUT2D eigenvalue weighted by atomic mass is 9.85. The van der Waals surface area contributed by atoms with Gasteiger partial charge in [-0.2, -0.15) is 0 Å². The van der Waals surface area contributed by atoms with Gasteiger partial charge in [0.05, 0.1) is 28.2 Å². The van der Waals surface area contributed by atoms with E-state index in [0.717, 1.165) is 42.2 Å². The van der Waals surface area contributed by atoms with Crippen LogP contribution in [0.4, 0.5) is 14.5 Å². The number of nitrogens with zero attached hydrogens (tertiary/aromatic N) is 2. The molecule has 1 saturated carbocycles. The molecule has 1 saturated heterocycles. The van der Waals surface area contributed by atoms with Crippen LogP contribution in [0.5, 0.6) is 0 Å². The van der Waals surface area contributed by atoms with E-state index in [9.17, 15) is 18.4 Å². The highest BCUT2D eigenvalue weighted by Crippen LogP contribution is 2.31. The zero-order chi connectivity index (χ0) is 20.8. The highest BCUT2D eigenvalue weighted by atomic mass is 19.1. The number of imidazole rings is 1. The molecule has 1 aliphatic carbocycles. The van der Waals surface area contributed by atoms with Gasteiger partial charge >= 0.3 is 0 Å². The third kappa shape index (κ3) is 3.22. The molecule has 154 valence electrons. The number of amides is 2. The van der Waals surface area contributed by atoms with Crippen molar-refractivity contribution in [2.45, 2.75) is 25.2 Å². The maximum absolute atomic E-state index is 14.3. The van der Waals surface area contributed by atoms with Gasteiger partial charge in [-0.1, -0.05) is 18.6 Å². The Kier molecular flexibility index (Phi) is 4.49. The Morgan fingerprint density at radius 1 is 1.10 bits per heavy atom. The number of anilines is 1. The number of H-pyrrole nitrogens is 1. The van der Waals surface area contributed by atoms with E-state index in [1.54, 1.807) is 0 Å². The van der Waals surface area contributed by atoms with Crippen molar-refractivity contribution in [3.05, 3.63) is 59.4 Å². The molecule has 2 N–H and O–H groups in total. The Labute approximate surface area is 171 Å². The van der Waals surface area contributed by atoms with Crippen molar-refractivity contribution in [2.24, 2.45) is 5.92 Å². The molecule has 30 heavy (non-hydrogen) atoms. The number of aromatic amines is 1. The smallest absolute Gasteiger partial charge is 0.256 e. The average Bonchev–Trinajstić information content (AvgIpc) is 3.04. The first kappa shape index (κ1) is 18.7. The van der Waals surface area contributed by atoms with Gasteiger partial charge < -0.3 is 15.2 Å². The number of hydrogen-bond donors (Lipinski definition) is 2. The summed E-state index contributed by atoms with van der Waals surface area (Å²) in [5.41, 5.74) is 1.37. The second kappa shape index (κ2) is 7.19. The third-order valence-corrected chi connectivity index (χ3v) is 5.98. The monoisotopic (exact) mass is 410 g/mol. The minimum atomic E-state index is -0.939. The Balaban J connectivity index is 1.30. The summed E-state index contributed by atoms with van der Waals surface area (Å²) in [5.74, 6) is -1.98. The summed E-state index contributed by atoms with van der Waals surface area (Å²) in [5, 5.41) is 2.49. The van der Waals surface area contributed by atoms with Crippen molar-refractivity contribution in [1.82, 2.24) is 14.9 Å². The molecule has 1 aliphatic heterocycles. The largest absolute Gasteiger partial charge is 0.342 e. The highest BCUT2D eigenvalue weighted by Gasteiger charge is 2.35. The Bertz CT molecular complexity index is 1120. The number of hydrogen-bond acceptors (Lipinski definition) is 3. The lowest BCUT2D eigenvalue weighted by Crippen LogP contribution is -2.49. The zero-order valence-corrected chi connectivity index (χ0v) is 16.1. The topological polar surface area (TPSA) is 78.1 Å². The van der Waals surface area contributed by atoms with E-state index < -0.39 is 17.5 Å². The molecule has 0 atom stereocenters. The van der Waals surface area contributed by atoms with Crippen molar-refractivity contribution >= 4 is 28.5 Å². The number of fused-ring (bicyclic) bond motifs is 1. The van der Waals surface area contributed by atoms with E-state index >= 15 is 0 Å². The highest BCUT2D eigenvalue weighted by molar-refractivity contribution is 5.98. The van der Waals surface area contributed by atoms with Crippen LogP contribution in [0.2, 0.25) is 0 Å². The van der Waals surface area contributed by atoms with Crippen molar-refractivity contribution < 1.29 is 18.4 Å². The molecule has 2 aromatic carbocycles. The van der Waals surface area contributed by atoms with Crippen LogP contribution < -0.4 is 5.32 Å². The number of rotatable bonds is 4. The molecule has 0 radical (unpaired) electrons. The van der Waals surface area contributed by atoms with Crippen molar-refractivity contribution in [3.63, 3.8) is 0 Å². The van der Waals surface area contributed by atoms with Crippen LogP contribution in [0, 0.1) is 17.6 Å². The molecule has 2 heterocycles. The van der Waals surface area contributed by atoms with Crippen LogP contribution in [-0.2, 0) is 4.79 Å². The van der Waals surface area contributed by atoms with Crippen LogP contribution in [-0.4, -0.2) is 39.8 Å². The second-order valence-electron chi connectivity index (χ2n) is 7.98. The molecule has 5 rings (SSSR count). The predicted octanol–water partition coefficient (Wildman–Crippen LogP) is 3.82. The minimum Gasteiger partial charge on any atom is -0.342 e. The number of carbonyl (C=O) groups is 2. The summed E-state index contributed by atoms with van der Waals surface area (Å²) in [6, 6.07) is 9.41. The van der Waals surface area contributed by atoms with E-state index in [0.29, 0.717) is 19.2 Å². The van der Waals surface area contributed by atoms with Crippen molar-refractivity contribution in [1.29, 1.82) is 0 Å². The maximum atomic E-state index is 14.3. The van der Waals surface area contributed by atoms with Crippen LogP contribution in [0.15, 0.2) is 36.4 Å². The number of para-hydroxylation sites is 2. The quantitative estimate of drug-likeness (QED) is 0.686. The Morgan fingerprint density at radius 2 is 1.87 bits per heavy atom. The van der Waals surface area contributed by atoms with Gasteiger partial charge in [-0.05, 0) is 31.0 Å². The molecular weight excluding hydrogens is 390 g/mol. The first-order valence-corrected chi connectivity index (χ1v) is 10.0. The molecule has 3 aromatic rings. The summed E-state index contributed by atoms with van der Waals surface area (Å²) in [7, 11) is 0. The van der Waals surface area contributed by atoms with Gasteiger partial charge in [0.25, 0.3) is 5.91 Å². The van der Waals surface area contributed by atoms with Gasteiger partial charge in [-0.3, -0.25) is 9.59 Å². The van der Waals surface area contributed by atoms with E-state index in [1.807, 2.05) is 24.3 Å². The molecule has 2 aliphatic rings. The van der Waals surface area contributed by atoms with Gasteiger partial charge in [0.15, 0.2) is 0 Å². The average molecular weight is 410 g/mol. The number of nitrogens with one attached hydrogen (secondary N) is 2. The van der Waals surface area contributed by atoms with E-state index in [2.05, 4.69) is 15.3 Å². The lowest BCUT2D eigenvalue weighted by Gasteiger charge is -2.38. The fourth-order valence-corrected chi connectivity index (χ4v) is 3.87. The summed E-state index contributed by atoms with van der Waals surface area (Å²) < 4.78 is 28.4. The molecule has 2 amide bonds. The van der Waals surface area contributed by atoms with Crippen LogP contribution in [0.25, 0.3) is 11.0 Å². The fraction of sp³-hybridized carbons (Fsp3) is 0.318. The Morgan fingerprint density at radius 3 is 2.57 bits per heavy atom. The molecule has 1 aromatic heterocycles. The minimum absolute atomic E-state index is 0.0302. The summed E-state index contributed by atoms with van der Waals surface area (Å²) in [6.07, 6.45) is 2.49. The van der Waals surface area contributed by atoms with Crippen LogP contribution in [0.1, 0.15) is 41.4 Å². The van der Waals surface area contributed by atoms with Crippen LogP contribution in [0.3, 0.4) is 0 Å². The first-order chi connectivity index (χ1) is 14.5. The molecule has 0 unspecified atom stereocenters. The summed E-state index contributed by atoms with van der Waals surface area (Å²) in [6.45, 7) is 0.776. The molecular formula is C22H20F2N4O2.